The van der Waals surface area contributed by atoms with Crippen LogP contribution in [-0.2, 0) is 12.8 Å². The Morgan fingerprint density at radius 2 is 1.94 bits per heavy atom. The van der Waals surface area contributed by atoms with Gasteiger partial charge < -0.3 is 5.73 Å². The Morgan fingerprint density at radius 3 is 2.78 bits per heavy atom. The summed E-state index contributed by atoms with van der Waals surface area (Å²) in [4.78, 5) is 0. The summed E-state index contributed by atoms with van der Waals surface area (Å²) < 4.78 is 1.85. The van der Waals surface area contributed by atoms with Crippen LogP contribution in [0.1, 0.15) is 24.1 Å². The molecular weight excluding hydrogens is 269 g/mol. The molecule has 1 aromatic carbocycles. The Balaban J connectivity index is 2.20. The van der Waals surface area contributed by atoms with Crippen molar-refractivity contribution >= 4 is 29.0 Å². The van der Waals surface area contributed by atoms with Crippen LogP contribution in [0.5, 0.6) is 0 Å². The lowest BCUT2D eigenvalue weighted by Crippen LogP contribution is -2.08. The maximum atomic E-state index is 6.22. The molecule has 0 saturated carbocycles. The first-order valence-electron chi connectivity index (χ1n) is 5.98. The molecule has 5 heteroatoms. The quantitative estimate of drug-likeness (QED) is 0.867. The van der Waals surface area contributed by atoms with E-state index in [-0.39, 0.29) is 0 Å². The van der Waals surface area contributed by atoms with Crippen LogP contribution in [0.15, 0.2) is 18.2 Å². The summed E-state index contributed by atoms with van der Waals surface area (Å²) in [6.07, 6.45) is 4.32. The largest absolute Gasteiger partial charge is 0.382 e. The highest BCUT2D eigenvalue weighted by Gasteiger charge is 2.21. The highest BCUT2D eigenvalue weighted by atomic mass is 35.5. The maximum Gasteiger partial charge on any atom is 0.149 e. The first kappa shape index (κ1) is 11.9. The zero-order chi connectivity index (χ0) is 12.7. The van der Waals surface area contributed by atoms with Crippen molar-refractivity contribution in [2.45, 2.75) is 25.7 Å². The van der Waals surface area contributed by atoms with Gasteiger partial charge in [0.15, 0.2) is 0 Å². The van der Waals surface area contributed by atoms with Crippen molar-refractivity contribution in [1.82, 2.24) is 9.78 Å². The molecule has 18 heavy (non-hydrogen) atoms. The fraction of sp³-hybridized carbons (Fsp3) is 0.308. The number of nitrogens with zero attached hydrogens (tertiary/aromatic N) is 2. The lowest BCUT2D eigenvalue weighted by molar-refractivity contribution is 0.653. The highest BCUT2D eigenvalue weighted by Crippen LogP contribution is 2.31. The molecule has 1 aliphatic rings. The van der Waals surface area contributed by atoms with Crippen molar-refractivity contribution in [2.24, 2.45) is 0 Å². The van der Waals surface area contributed by atoms with E-state index < -0.39 is 0 Å². The molecule has 94 valence electrons. The van der Waals surface area contributed by atoms with E-state index in [4.69, 9.17) is 28.9 Å². The molecule has 0 fully saturated rings. The summed E-state index contributed by atoms with van der Waals surface area (Å²) in [5, 5.41) is 5.70. The standard InChI is InChI=1S/C13H13Cl2N3/c14-8-5-6-10(15)12(7-8)18-11-4-2-1-3-9(11)13(16)17-18/h5-7H,1-4H2,(H2,16,17). The van der Waals surface area contributed by atoms with Crippen molar-refractivity contribution in [3.05, 3.63) is 39.5 Å². The Labute approximate surface area is 115 Å². The smallest absolute Gasteiger partial charge is 0.149 e. The fourth-order valence-corrected chi connectivity index (χ4v) is 2.84. The van der Waals surface area contributed by atoms with Gasteiger partial charge in [-0.1, -0.05) is 23.2 Å². The van der Waals surface area contributed by atoms with Gasteiger partial charge in [0.05, 0.1) is 10.7 Å². The molecule has 0 aliphatic heterocycles. The summed E-state index contributed by atoms with van der Waals surface area (Å²) in [6, 6.07) is 5.38. The second-order valence-corrected chi connectivity index (χ2v) is 5.37. The van der Waals surface area contributed by atoms with Crippen molar-refractivity contribution in [2.75, 3.05) is 5.73 Å². The van der Waals surface area contributed by atoms with E-state index >= 15 is 0 Å². The molecule has 0 amide bonds. The minimum atomic E-state index is 0.612. The number of halogens is 2. The van der Waals surface area contributed by atoms with E-state index in [9.17, 15) is 0 Å². The average Bonchev–Trinajstić information content (AvgIpc) is 2.71. The minimum Gasteiger partial charge on any atom is -0.382 e. The number of nitrogens with two attached hydrogens (primary N) is 1. The van der Waals surface area contributed by atoms with Gasteiger partial charge in [-0.3, -0.25) is 0 Å². The van der Waals surface area contributed by atoms with Crippen molar-refractivity contribution < 1.29 is 0 Å². The number of rotatable bonds is 1. The number of benzene rings is 1. The number of hydrogen-bond donors (Lipinski definition) is 1. The van der Waals surface area contributed by atoms with E-state index in [0.717, 1.165) is 30.5 Å². The number of nitrogen functional groups attached to an aromatic ring is 1. The lowest BCUT2D eigenvalue weighted by Gasteiger charge is -2.14. The summed E-state index contributed by atoms with van der Waals surface area (Å²) >= 11 is 12.2. The van der Waals surface area contributed by atoms with Crippen LogP contribution in [0, 0.1) is 0 Å². The normalized spacial score (nSPS) is 14.6. The molecule has 3 nitrogen and oxygen atoms in total. The van der Waals surface area contributed by atoms with Crippen LogP contribution < -0.4 is 5.73 Å². The van der Waals surface area contributed by atoms with Gasteiger partial charge in [-0.25, -0.2) is 4.68 Å². The molecule has 2 N–H and O–H groups in total. The third-order valence-corrected chi connectivity index (χ3v) is 3.90. The van der Waals surface area contributed by atoms with E-state index in [0.29, 0.717) is 15.9 Å². The Hall–Kier alpha value is -1.19. The van der Waals surface area contributed by atoms with E-state index in [2.05, 4.69) is 5.10 Å². The monoisotopic (exact) mass is 281 g/mol. The Bertz CT molecular complexity index is 605. The Kier molecular flexibility index (Phi) is 2.96. The highest BCUT2D eigenvalue weighted by molar-refractivity contribution is 6.34. The summed E-state index contributed by atoms with van der Waals surface area (Å²) in [7, 11) is 0. The van der Waals surface area contributed by atoms with Crippen LogP contribution in [0.2, 0.25) is 10.0 Å². The van der Waals surface area contributed by atoms with Gasteiger partial charge >= 0.3 is 0 Å². The molecule has 1 heterocycles. The second-order valence-electron chi connectivity index (χ2n) is 4.53. The predicted molar refractivity (Wildman–Crippen MR) is 74.6 cm³/mol. The molecule has 2 aromatic rings. The van der Waals surface area contributed by atoms with Gasteiger partial charge in [0, 0.05) is 16.3 Å². The number of hydrogen-bond acceptors (Lipinski definition) is 2. The van der Waals surface area contributed by atoms with Crippen LogP contribution in [-0.4, -0.2) is 9.78 Å². The first-order valence-corrected chi connectivity index (χ1v) is 6.74. The van der Waals surface area contributed by atoms with Crippen LogP contribution in [0.3, 0.4) is 0 Å². The molecule has 0 radical (unpaired) electrons. The molecule has 1 aromatic heterocycles. The first-order chi connectivity index (χ1) is 8.66. The van der Waals surface area contributed by atoms with Crippen molar-refractivity contribution in [3.63, 3.8) is 0 Å². The maximum absolute atomic E-state index is 6.22. The zero-order valence-electron chi connectivity index (χ0n) is 9.79. The summed E-state index contributed by atoms with van der Waals surface area (Å²) in [6.45, 7) is 0. The summed E-state index contributed by atoms with van der Waals surface area (Å²) in [5.41, 5.74) is 9.12. The minimum absolute atomic E-state index is 0.612. The third-order valence-electron chi connectivity index (χ3n) is 3.35. The molecule has 0 atom stereocenters. The van der Waals surface area contributed by atoms with E-state index in [1.807, 2.05) is 10.7 Å². The van der Waals surface area contributed by atoms with Crippen molar-refractivity contribution in [1.29, 1.82) is 0 Å². The number of aromatic nitrogens is 2. The summed E-state index contributed by atoms with van der Waals surface area (Å²) in [5.74, 6) is 0.612. The number of anilines is 1. The van der Waals surface area contributed by atoms with Gasteiger partial charge in [0.2, 0.25) is 0 Å². The van der Waals surface area contributed by atoms with Crippen LogP contribution in [0.4, 0.5) is 5.82 Å². The van der Waals surface area contributed by atoms with Crippen LogP contribution >= 0.6 is 23.2 Å². The predicted octanol–water partition coefficient (Wildman–Crippen LogP) is 3.64. The zero-order valence-corrected chi connectivity index (χ0v) is 11.3. The third kappa shape index (κ3) is 1.88. The topological polar surface area (TPSA) is 43.8 Å². The molecular formula is C13H13Cl2N3. The van der Waals surface area contributed by atoms with E-state index in [1.54, 1.807) is 12.1 Å². The van der Waals surface area contributed by atoms with Gasteiger partial charge in [-0.2, -0.15) is 5.10 Å². The fourth-order valence-electron chi connectivity index (χ4n) is 2.47. The Morgan fingerprint density at radius 1 is 1.17 bits per heavy atom. The van der Waals surface area contributed by atoms with Gasteiger partial charge in [-0.15, -0.1) is 0 Å². The van der Waals surface area contributed by atoms with Gasteiger partial charge in [0.25, 0.3) is 0 Å². The molecule has 0 unspecified atom stereocenters. The molecule has 0 spiro atoms. The molecule has 0 saturated heterocycles. The molecule has 0 bridgehead atoms. The lowest BCUT2D eigenvalue weighted by atomic mass is 9.97. The van der Waals surface area contributed by atoms with Crippen molar-refractivity contribution in [3.8, 4) is 5.69 Å². The average molecular weight is 282 g/mol. The second kappa shape index (κ2) is 4.48. The number of fused-ring (bicyclic) bond motifs is 1. The van der Waals surface area contributed by atoms with Crippen LogP contribution in [0.25, 0.3) is 5.69 Å². The molecule has 1 aliphatic carbocycles. The van der Waals surface area contributed by atoms with E-state index in [1.165, 1.54) is 12.1 Å². The van der Waals surface area contributed by atoms with Gasteiger partial charge in [0.1, 0.15) is 5.82 Å². The molecule has 3 rings (SSSR count). The van der Waals surface area contributed by atoms with Gasteiger partial charge in [-0.05, 0) is 43.9 Å². The SMILES string of the molecule is Nc1nn(-c2cc(Cl)ccc2Cl)c2c1CCCC2.